The summed E-state index contributed by atoms with van der Waals surface area (Å²) in [5.74, 6) is -0.291. The number of piperidine rings is 1. The summed E-state index contributed by atoms with van der Waals surface area (Å²) in [6.45, 7) is 8.30. The predicted octanol–water partition coefficient (Wildman–Crippen LogP) is 6.61. The maximum absolute atomic E-state index is 14.4. The Bertz CT molecular complexity index is 2280. The molecule has 14 nitrogen and oxygen atoms in total. The molecule has 1 aliphatic rings. The van der Waals surface area contributed by atoms with Crippen LogP contribution >= 0.6 is 0 Å². The van der Waals surface area contributed by atoms with Crippen LogP contribution in [0.1, 0.15) is 84.2 Å². The Kier molecular flexibility index (Phi) is 12.4. The molecule has 1 aliphatic heterocycles. The number of carbonyl (C=O) groups is 4. The van der Waals surface area contributed by atoms with Gasteiger partial charge in [-0.1, -0.05) is 30.3 Å². The van der Waals surface area contributed by atoms with Crippen molar-refractivity contribution in [3.8, 4) is 5.75 Å². The molecule has 0 saturated carbocycles. The molecule has 1 saturated heterocycles. The molecular formula is C44H49N7O7. The van der Waals surface area contributed by atoms with Crippen molar-refractivity contribution in [2.45, 2.75) is 71.4 Å². The average Bonchev–Trinajstić information content (AvgIpc) is 3.55. The van der Waals surface area contributed by atoms with Gasteiger partial charge >= 0.3 is 12.1 Å². The van der Waals surface area contributed by atoms with Crippen LogP contribution in [-0.2, 0) is 27.4 Å². The van der Waals surface area contributed by atoms with Crippen molar-refractivity contribution in [2.75, 3.05) is 25.1 Å². The van der Waals surface area contributed by atoms with Crippen LogP contribution in [-0.4, -0.2) is 76.1 Å². The van der Waals surface area contributed by atoms with Crippen molar-refractivity contribution in [2.24, 2.45) is 5.73 Å². The van der Waals surface area contributed by atoms with Crippen molar-refractivity contribution in [1.29, 1.82) is 5.41 Å². The molecule has 1 fully saturated rings. The highest BCUT2D eigenvalue weighted by Crippen LogP contribution is 2.28. The van der Waals surface area contributed by atoms with Crippen LogP contribution in [0.4, 0.5) is 10.5 Å². The number of esters is 1. The fourth-order valence-corrected chi connectivity index (χ4v) is 6.72. The Labute approximate surface area is 337 Å². The zero-order valence-corrected chi connectivity index (χ0v) is 33.4. The molecule has 1 unspecified atom stereocenters. The molecule has 4 aromatic carbocycles. The number of likely N-dealkylation sites (tertiary alicyclic amines) is 1. The summed E-state index contributed by atoms with van der Waals surface area (Å²) in [4.78, 5) is 60.9. The van der Waals surface area contributed by atoms with E-state index >= 15 is 0 Å². The van der Waals surface area contributed by atoms with Gasteiger partial charge in [0.05, 0.1) is 36.3 Å². The van der Waals surface area contributed by atoms with E-state index in [1.807, 2.05) is 58.0 Å². The fourth-order valence-electron chi connectivity index (χ4n) is 6.72. The minimum Gasteiger partial charge on any atom is -0.490 e. The Morgan fingerprint density at radius 2 is 1.55 bits per heavy atom. The van der Waals surface area contributed by atoms with Gasteiger partial charge < -0.3 is 39.6 Å². The molecular weight excluding hydrogens is 739 g/mol. The summed E-state index contributed by atoms with van der Waals surface area (Å²) in [7, 11) is 1.29. The molecule has 1 aromatic heterocycles. The lowest BCUT2D eigenvalue weighted by molar-refractivity contribution is -0.122. The van der Waals surface area contributed by atoms with Crippen LogP contribution in [0.2, 0.25) is 0 Å². The zero-order chi connectivity index (χ0) is 41.6. The number of ether oxygens (including phenoxy) is 3. The van der Waals surface area contributed by atoms with Gasteiger partial charge in [0.15, 0.2) is 0 Å². The predicted molar refractivity (Wildman–Crippen MR) is 220 cm³/mol. The zero-order valence-electron chi connectivity index (χ0n) is 33.4. The first-order valence-corrected chi connectivity index (χ1v) is 19.1. The van der Waals surface area contributed by atoms with E-state index in [4.69, 9.17) is 30.3 Å². The van der Waals surface area contributed by atoms with Crippen LogP contribution in [0.25, 0.3) is 11.0 Å². The minimum atomic E-state index is -0.574. The second-order valence-corrected chi connectivity index (χ2v) is 15.2. The molecule has 1 atom stereocenters. The maximum atomic E-state index is 14.4. The Morgan fingerprint density at radius 3 is 2.17 bits per heavy atom. The number of benzene rings is 4. The summed E-state index contributed by atoms with van der Waals surface area (Å²) in [6.07, 6.45) is 0.806. The summed E-state index contributed by atoms with van der Waals surface area (Å²) in [5.41, 5.74) is 8.92. The lowest BCUT2D eigenvalue weighted by Crippen LogP contribution is -2.44. The highest BCUT2D eigenvalue weighted by molar-refractivity contribution is 6.06. The third-order valence-electron chi connectivity index (χ3n) is 9.76. The third-order valence-corrected chi connectivity index (χ3v) is 9.76. The molecule has 2 heterocycles. The fraction of sp³-hybridized carbons (Fsp3) is 0.318. The number of fused-ring (bicyclic) bond motifs is 1. The molecule has 4 N–H and O–H groups in total. The van der Waals surface area contributed by atoms with Gasteiger partial charge in [0, 0.05) is 42.7 Å². The summed E-state index contributed by atoms with van der Waals surface area (Å²) in [5, 5.41) is 11.1. The minimum absolute atomic E-state index is 0.0491. The monoisotopic (exact) mass is 787 g/mol. The van der Waals surface area contributed by atoms with E-state index in [9.17, 15) is 19.2 Å². The van der Waals surface area contributed by atoms with Crippen LogP contribution in [0, 0.1) is 5.41 Å². The largest absolute Gasteiger partial charge is 0.490 e. The number of carbonyl (C=O) groups excluding carboxylic acids is 4. The van der Waals surface area contributed by atoms with Crippen molar-refractivity contribution in [3.63, 3.8) is 0 Å². The number of nitrogens with zero attached hydrogens (tertiary/aromatic N) is 4. The number of hydrogen-bond acceptors (Lipinski definition) is 9. The number of nitrogens with one attached hydrogen (secondary N) is 2. The highest BCUT2D eigenvalue weighted by atomic mass is 16.6. The Hall–Kier alpha value is -6.70. The third kappa shape index (κ3) is 9.99. The SMILES string of the molecule is COC(=O)c1ccc(C(=O)N(Cc2nc3cc(C(=N)N)ccc3n2CC(=O)NC(C)c2ccccc2)c2ccc(OC3CCN(C(=O)OC(C)(C)C)CC3)cc2)cc1. The molecule has 6 rings (SSSR count). The van der Waals surface area contributed by atoms with Gasteiger partial charge in [0.1, 0.15) is 35.7 Å². The molecule has 0 radical (unpaired) electrons. The molecule has 0 spiro atoms. The maximum Gasteiger partial charge on any atom is 0.410 e. The Balaban J connectivity index is 1.29. The van der Waals surface area contributed by atoms with Crippen molar-refractivity contribution in [3.05, 3.63) is 125 Å². The lowest BCUT2D eigenvalue weighted by atomic mass is 10.1. The van der Waals surface area contributed by atoms with Gasteiger partial charge in [-0.2, -0.15) is 0 Å². The van der Waals surface area contributed by atoms with E-state index in [-0.39, 0.29) is 49.0 Å². The topological polar surface area (TPSA) is 182 Å². The molecule has 3 amide bonds. The van der Waals surface area contributed by atoms with Gasteiger partial charge in [-0.25, -0.2) is 14.6 Å². The smallest absolute Gasteiger partial charge is 0.410 e. The van der Waals surface area contributed by atoms with Gasteiger partial charge in [-0.05, 0) is 100.0 Å². The van der Waals surface area contributed by atoms with E-state index < -0.39 is 11.6 Å². The van der Waals surface area contributed by atoms with E-state index in [2.05, 4.69) is 5.32 Å². The van der Waals surface area contributed by atoms with E-state index in [1.165, 1.54) is 19.2 Å². The lowest BCUT2D eigenvalue weighted by Gasteiger charge is -2.33. The number of rotatable bonds is 12. The highest BCUT2D eigenvalue weighted by Gasteiger charge is 2.28. The second kappa shape index (κ2) is 17.6. The second-order valence-electron chi connectivity index (χ2n) is 15.2. The average molecular weight is 788 g/mol. The van der Waals surface area contributed by atoms with Crippen LogP contribution in [0.3, 0.4) is 0 Å². The Morgan fingerprint density at radius 1 is 0.914 bits per heavy atom. The van der Waals surface area contributed by atoms with E-state index in [0.717, 1.165) is 5.56 Å². The number of amidine groups is 1. The number of methoxy groups -OCH3 is 1. The molecule has 58 heavy (non-hydrogen) atoms. The number of anilines is 1. The van der Waals surface area contributed by atoms with E-state index in [0.29, 0.717) is 70.9 Å². The molecule has 5 aromatic rings. The number of imidazole rings is 1. The van der Waals surface area contributed by atoms with Crippen molar-refractivity contribution >= 4 is 46.4 Å². The number of nitrogen functional groups attached to an aromatic ring is 1. The first-order chi connectivity index (χ1) is 27.7. The molecule has 14 heteroatoms. The van der Waals surface area contributed by atoms with Gasteiger partial charge in [0.25, 0.3) is 5.91 Å². The van der Waals surface area contributed by atoms with E-state index in [1.54, 1.807) is 69.0 Å². The number of amides is 3. The first-order valence-electron chi connectivity index (χ1n) is 19.1. The van der Waals surface area contributed by atoms with Crippen molar-refractivity contribution in [1.82, 2.24) is 19.8 Å². The normalized spacial score (nSPS) is 13.7. The summed E-state index contributed by atoms with van der Waals surface area (Å²) in [6, 6.07) is 27.8. The first kappa shape index (κ1) is 40.9. The van der Waals surface area contributed by atoms with Crippen LogP contribution < -0.4 is 20.7 Å². The van der Waals surface area contributed by atoms with Crippen molar-refractivity contribution < 1.29 is 33.4 Å². The quantitative estimate of drug-likeness (QED) is 0.0712. The van der Waals surface area contributed by atoms with Gasteiger partial charge in [0.2, 0.25) is 5.91 Å². The molecule has 0 aliphatic carbocycles. The van der Waals surface area contributed by atoms with Crippen LogP contribution in [0.15, 0.2) is 97.1 Å². The number of aromatic nitrogens is 2. The molecule has 302 valence electrons. The molecule has 0 bridgehead atoms. The number of nitrogens with two attached hydrogens (primary N) is 1. The van der Waals surface area contributed by atoms with Gasteiger partial charge in [-0.3, -0.25) is 15.0 Å². The van der Waals surface area contributed by atoms with Gasteiger partial charge in [-0.15, -0.1) is 0 Å². The number of hydrogen-bond donors (Lipinski definition) is 3. The van der Waals surface area contributed by atoms with Crippen LogP contribution in [0.5, 0.6) is 5.75 Å². The summed E-state index contributed by atoms with van der Waals surface area (Å²) >= 11 is 0. The summed E-state index contributed by atoms with van der Waals surface area (Å²) < 4.78 is 18.4. The standard InChI is InChI=1S/C44H49N7O7/c1-28(29-9-7-6-8-10-29)47-39(52)27-51-37-20-15-32(40(45)46)25-36(37)48-38(51)26-50(41(53)30-11-13-31(14-12-30)42(54)56-5)33-16-18-34(19-17-33)57-35-21-23-49(24-22-35)43(55)58-44(2,3)4/h6-20,25,28,35H,21-24,26-27H2,1-5H3,(H3,45,46)(H,47,52).